The van der Waals surface area contributed by atoms with Crippen molar-refractivity contribution in [2.45, 2.75) is 25.3 Å². The van der Waals surface area contributed by atoms with Gasteiger partial charge in [0.05, 0.1) is 18.2 Å². The van der Waals surface area contributed by atoms with E-state index in [4.69, 9.17) is 0 Å². The maximum atomic E-state index is 12.8. The molecule has 6 nitrogen and oxygen atoms in total. The number of urea groups is 1. The zero-order valence-corrected chi connectivity index (χ0v) is 14.6. The maximum absolute atomic E-state index is 12.8. The highest BCUT2D eigenvalue weighted by Crippen LogP contribution is 2.31. The number of nitrogens with zero attached hydrogens (tertiary/aromatic N) is 3. The number of amides is 3. The normalized spacial score (nSPS) is 19.7. The molecule has 0 aliphatic carbocycles. The summed E-state index contributed by atoms with van der Waals surface area (Å²) in [5.74, 6) is 0.129. The average molecular weight is 350 g/mol. The summed E-state index contributed by atoms with van der Waals surface area (Å²) < 4.78 is 0. The Balaban J connectivity index is 1.43. The minimum Gasteiger partial charge on any atom is -0.336 e. The van der Waals surface area contributed by atoms with E-state index in [9.17, 15) is 9.59 Å². The first-order valence-corrected chi connectivity index (χ1v) is 9.07. The van der Waals surface area contributed by atoms with Gasteiger partial charge in [-0.25, -0.2) is 4.79 Å². The second-order valence-electron chi connectivity index (χ2n) is 6.73. The third-order valence-corrected chi connectivity index (χ3v) is 5.06. The molecule has 2 saturated heterocycles. The summed E-state index contributed by atoms with van der Waals surface area (Å²) in [6, 6.07) is 13.6. The smallest absolute Gasteiger partial charge is 0.321 e. The van der Waals surface area contributed by atoms with Crippen LogP contribution in [0.1, 0.15) is 30.1 Å². The molecule has 3 amide bonds. The zero-order chi connectivity index (χ0) is 17.9. The van der Waals surface area contributed by atoms with E-state index in [0.29, 0.717) is 19.5 Å². The number of anilines is 1. The lowest BCUT2D eigenvalue weighted by Gasteiger charge is -2.24. The molecule has 2 aromatic rings. The van der Waals surface area contributed by atoms with Crippen LogP contribution in [-0.4, -0.2) is 41.5 Å². The molecular formula is C20H22N4O2. The van der Waals surface area contributed by atoms with E-state index in [2.05, 4.69) is 10.3 Å². The van der Waals surface area contributed by atoms with Crippen LogP contribution in [0.5, 0.6) is 0 Å². The van der Waals surface area contributed by atoms with Gasteiger partial charge in [0.2, 0.25) is 5.91 Å². The van der Waals surface area contributed by atoms with E-state index in [0.717, 1.165) is 36.3 Å². The molecule has 1 unspecified atom stereocenters. The predicted octanol–water partition coefficient (Wildman–Crippen LogP) is 2.52. The Kier molecular flexibility index (Phi) is 4.56. The minimum atomic E-state index is -0.0657. The number of nitrogens with one attached hydrogen (secondary N) is 1. The van der Waals surface area contributed by atoms with Crippen LogP contribution in [0.25, 0.3) is 0 Å². The number of rotatable bonds is 4. The number of aromatic nitrogens is 1. The molecule has 26 heavy (non-hydrogen) atoms. The molecule has 6 heteroatoms. The van der Waals surface area contributed by atoms with Crippen LogP contribution in [0.4, 0.5) is 10.5 Å². The monoisotopic (exact) mass is 350 g/mol. The van der Waals surface area contributed by atoms with Gasteiger partial charge < -0.3 is 10.2 Å². The molecule has 4 rings (SSSR count). The highest BCUT2D eigenvalue weighted by molar-refractivity contribution is 5.94. The molecule has 3 heterocycles. The van der Waals surface area contributed by atoms with Crippen molar-refractivity contribution in [2.75, 3.05) is 24.5 Å². The third kappa shape index (κ3) is 3.27. The summed E-state index contributed by atoms with van der Waals surface area (Å²) in [5, 5.41) is 2.79. The number of carbonyl (C=O) groups is 2. The number of likely N-dealkylation sites (tertiary alicyclic amines) is 1. The molecule has 2 aliphatic rings. The molecule has 1 atom stereocenters. The first-order chi connectivity index (χ1) is 12.7. The maximum Gasteiger partial charge on any atom is 0.321 e. The Morgan fingerprint density at radius 1 is 1.15 bits per heavy atom. The van der Waals surface area contributed by atoms with Gasteiger partial charge >= 0.3 is 6.03 Å². The topological polar surface area (TPSA) is 65.5 Å². The second kappa shape index (κ2) is 7.15. The molecule has 1 aromatic heterocycles. The van der Waals surface area contributed by atoms with Crippen LogP contribution in [-0.2, 0) is 11.2 Å². The number of benzene rings is 1. The SMILES string of the molecule is O=C1NCCN1c1ccc(CC(=O)N2CCCC2c2ccccn2)cc1. The molecule has 0 saturated carbocycles. The summed E-state index contributed by atoms with van der Waals surface area (Å²) in [7, 11) is 0. The Bertz CT molecular complexity index is 791. The van der Waals surface area contributed by atoms with Crippen molar-refractivity contribution in [3.63, 3.8) is 0 Å². The summed E-state index contributed by atoms with van der Waals surface area (Å²) in [6.07, 6.45) is 4.13. The van der Waals surface area contributed by atoms with Crippen LogP contribution in [0, 0.1) is 0 Å². The van der Waals surface area contributed by atoms with Crippen LogP contribution in [0.2, 0.25) is 0 Å². The van der Waals surface area contributed by atoms with Crippen molar-refractivity contribution < 1.29 is 9.59 Å². The molecule has 134 valence electrons. The highest BCUT2D eigenvalue weighted by Gasteiger charge is 2.30. The quantitative estimate of drug-likeness (QED) is 0.921. The zero-order valence-electron chi connectivity index (χ0n) is 14.6. The summed E-state index contributed by atoms with van der Waals surface area (Å²) in [6.45, 7) is 2.13. The fourth-order valence-corrected chi connectivity index (χ4v) is 3.73. The van der Waals surface area contributed by atoms with Crippen LogP contribution >= 0.6 is 0 Å². The van der Waals surface area contributed by atoms with Gasteiger partial charge in [-0.3, -0.25) is 14.7 Å². The molecule has 1 aromatic carbocycles. The molecule has 2 aliphatic heterocycles. The lowest BCUT2D eigenvalue weighted by molar-refractivity contribution is -0.131. The average Bonchev–Trinajstić information content (AvgIpc) is 3.32. The predicted molar refractivity (Wildman–Crippen MR) is 98.8 cm³/mol. The van der Waals surface area contributed by atoms with Crippen molar-refractivity contribution in [3.05, 3.63) is 59.9 Å². The molecular weight excluding hydrogens is 328 g/mol. The highest BCUT2D eigenvalue weighted by atomic mass is 16.2. The van der Waals surface area contributed by atoms with Gasteiger partial charge in [0.25, 0.3) is 0 Å². The first kappa shape index (κ1) is 16.6. The third-order valence-electron chi connectivity index (χ3n) is 5.06. The van der Waals surface area contributed by atoms with Crippen molar-refractivity contribution in [1.29, 1.82) is 0 Å². The molecule has 0 radical (unpaired) electrons. The van der Waals surface area contributed by atoms with E-state index in [-0.39, 0.29) is 18.0 Å². The van der Waals surface area contributed by atoms with Crippen molar-refractivity contribution in [2.24, 2.45) is 0 Å². The van der Waals surface area contributed by atoms with Gasteiger partial charge in [-0.05, 0) is 42.7 Å². The summed E-state index contributed by atoms with van der Waals surface area (Å²) in [5.41, 5.74) is 2.79. The Morgan fingerprint density at radius 3 is 2.69 bits per heavy atom. The van der Waals surface area contributed by atoms with Gasteiger partial charge in [0.15, 0.2) is 0 Å². The van der Waals surface area contributed by atoms with E-state index in [1.54, 1.807) is 11.1 Å². The van der Waals surface area contributed by atoms with E-state index in [1.165, 1.54) is 0 Å². The van der Waals surface area contributed by atoms with E-state index < -0.39 is 0 Å². The van der Waals surface area contributed by atoms with Crippen molar-refractivity contribution in [3.8, 4) is 0 Å². The fourth-order valence-electron chi connectivity index (χ4n) is 3.73. The van der Waals surface area contributed by atoms with Gasteiger partial charge in [0, 0.05) is 31.5 Å². The van der Waals surface area contributed by atoms with Gasteiger partial charge in [-0.1, -0.05) is 18.2 Å². The van der Waals surface area contributed by atoms with Crippen LogP contribution in [0.15, 0.2) is 48.7 Å². The number of hydrogen-bond donors (Lipinski definition) is 1. The van der Waals surface area contributed by atoms with E-state index >= 15 is 0 Å². The molecule has 2 fully saturated rings. The molecule has 0 spiro atoms. The van der Waals surface area contributed by atoms with Crippen LogP contribution in [0.3, 0.4) is 0 Å². The fraction of sp³-hybridized carbons (Fsp3) is 0.350. The first-order valence-electron chi connectivity index (χ1n) is 9.07. The Morgan fingerprint density at radius 2 is 2.00 bits per heavy atom. The molecule has 0 bridgehead atoms. The molecule has 1 N–H and O–H groups in total. The lowest BCUT2D eigenvalue weighted by Crippen LogP contribution is -2.32. The summed E-state index contributed by atoms with van der Waals surface area (Å²) >= 11 is 0. The largest absolute Gasteiger partial charge is 0.336 e. The Labute approximate surface area is 152 Å². The van der Waals surface area contributed by atoms with Gasteiger partial charge in [0.1, 0.15) is 0 Å². The van der Waals surface area contributed by atoms with E-state index in [1.807, 2.05) is 47.4 Å². The number of carbonyl (C=O) groups excluding carboxylic acids is 2. The van der Waals surface area contributed by atoms with Gasteiger partial charge in [-0.2, -0.15) is 0 Å². The Hall–Kier alpha value is -2.89. The standard InChI is InChI=1S/C20H22N4O2/c25-19(24-12-3-5-18(24)17-4-1-2-10-21-17)14-15-6-8-16(9-7-15)23-13-11-22-20(23)26/h1-2,4,6-10,18H,3,5,11-14H2,(H,22,26). The minimum absolute atomic E-state index is 0.0657. The van der Waals surface area contributed by atoms with Crippen molar-refractivity contribution in [1.82, 2.24) is 15.2 Å². The number of pyridine rings is 1. The lowest BCUT2D eigenvalue weighted by atomic mass is 10.1. The summed E-state index contributed by atoms with van der Waals surface area (Å²) in [4.78, 5) is 32.6. The second-order valence-corrected chi connectivity index (χ2v) is 6.73. The van der Waals surface area contributed by atoms with Gasteiger partial charge in [-0.15, -0.1) is 0 Å². The number of hydrogen-bond acceptors (Lipinski definition) is 3. The van der Waals surface area contributed by atoms with Crippen molar-refractivity contribution >= 4 is 17.6 Å². The van der Waals surface area contributed by atoms with Crippen LogP contribution < -0.4 is 10.2 Å².